The zero-order chi connectivity index (χ0) is 18.9. The van der Waals surface area contributed by atoms with E-state index in [1.54, 1.807) is 0 Å². The van der Waals surface area contributed by atoms with Gasteiger partial charge in [-0.1, -0.05) is 0 Å². The first-order valence-corrected chi connectivity index (χ1v) is 10.3. The van der Waals surface area contributed by atoms with Gasteiger partial charge in [-0.25, -0.2) is 4.79 Å². The fourth-order valence-electron chi connectivity index (χ4n) is 3.75. The lowest BCUT2D eigenvalue weighted by atomic mass is 10.1. The van der Waals surface area contributed by atoms with Crippen molar-refractivity contribution in [2.45, 2.75) is 13.2 Å². The second-order valence-corrected chi connectivity index (χ2v) is 8.07. The van der Waals surface area contributed by atoms with Crippen molar-refractivity contribution in [3.63, 3.8) is 0 Å². The average molecular weight is 402 g/mol. The van der Waals surface area contributed by atoms with Crippen LogP contribution in [-0.4, -0.2) is 52.8 Å². The Labute approximate surface area is 165 Å². The maximum atomic E-state index is 12.5. The van der Waals surface area contributed by atoms with Crippen LogP contribution in [0.15, 0.2) is 40.5 Å². The summed E-state index contributed by atoms with van der Waals surface area (Å²) in [4.78, 5) is 15.4. The molecular weight excluding hydrogens is 380 g/mol. The van der Waals surface area contributed by atoms with Gasteiger partial charge in [0.25, 0.3) is 0 Å². The van der Waals surface area contributed by atoms with E-state index in [4.69, 9.17) is 9.47 Å². The zero-order valence-corrected chi connectivity index (χ0v) is 16.2. The minimum absolute atomic E-state index is 0.176. The maximum Gasteiger partial charge on any atom is 0.374 e. The number of aromatic nitrogens is 4. The number of nitrogens with zero attached hydrogens (tertiary/aromatic N) is 4. The molecule has 0 bridgehead atoms. The monoisotopic (exact) mass is 402 g/mol. The first-order valence-electron chi connectivity index (χ1n) is 9.38. The number of hydrogen-bond acceptors (Lipinski definition) is 6. The highest BCUT2D eigenvalue weighted by molar-refractivity contribution is 7.12. The topological polar surface area (TPSA) is 80.1 Å². The summed E-state index contributed by atoms with van der Waals surface area (Å²) in [6.45, 7) is 5.94. The molecule has 3 aromatic rings. The van der Waals surface area contributed by atoms with E-state index in [1.807, 2.05) is 23.6 Å². The summed E-state index contributed by atoms with van der Waals surface area (Å²) in [5.41, 5.74) is 1.09. The van der Waals surface area contributed by atoms with Crippen LogP contribution < -0.4 is 25.0 Å². The van der Waals surface area contributed by atoms with Crippen molar-refractivity contribution >= 4 is 11.3 Å². The molecule has 1 fully saturated rings. The Morgan fingerprint density at radius 1 is 1.04 bits per heavy atom. The van der Waals surface area contributed by atoms with Crippen LogP contribution in [0.4, 0.5) is 0 Å². The van der Waals surface area contributed by atoms with Crippen molar-refractivity contribution in [3.8, 4) is 16.5 Å². The summed E-state index contributed by atoms with van der Waals surface area (Å²) >= 11 is 1.48. The Bertz CT molecular complexity index is 1010. The number of fused-ring (bicyclic) bond motifs is 1. The van der Waals surface area contributed by atoms with Crippen molar-refractivity contribution in [2.24, 2.45) is 0 Å². The zero-order valence-electron chi connectivity index (χ0n) is 15.3. The van der Waals surface area contributed by atoms with Gasteiger partial charge in [-0.05, 0) is 46.1 Å². The number of thiophene rings is 1. The van der Waals surface area contributed by atoms with Crippen LogP contribution in [0.3, 0.4) is 0 Å². The van der Waals surface area contributed by atoms with Gasteiger partial charge >= 0.3 is 5.69 Å². The predicted molar refractivity (Wildman–Crippen MR) is 101 cm³/mol. The van der Waals surface area contributed by atoms with Crippen molar-refractivity contribution in [1.82, 2.24) is 19.8 Å². The number of quaternary nitrogens is 2. The first-order chi connectivity index (χ1) is 13.8. The van der Waals surface area contributed by atoms with Gasteiger partial charge in [0.15, 0.2) is 18.2 Å². The lowest BCUT2D eigenvalue weighted by Crippen LogP contribution is -3.27. The Morgan fingerprint density at radius 3 is 2.68 bits per heavy atom. The molecular formula is C18H22N6O3S+2. The van der Waals surface area contributed by atoms with Gasteiger partial charge in [-0.3, -0.25) is 0 Å². The van der Waals surface area contributed by atoms with Crippen LogP contribution in [0, 0.1) is 0 Å². The molecule has 0 unspecified atom stereocenters. The Morgan fingerprint density at radius 2 is 1.86 bits per heavy atom. The molecule has 10 heteroatoms. The summed E-state index contributed by atoms with van der Waals surface area (Å²) in [5, 5.41) is 10.8. The molecule has 5 rings (SSSR count). The molecule has 0 atom stereocenters. The summed E-state index contributed by atoms with van der Waals surface area (Å²) in [6, 6.07) is 9.95. The van der Waals surface area contributed by atoms with Gasteiger partial charge in [-0.2, -0.15) is 0 Å². The molecule has 0 saturated carbocycles. The largest absolute Gasteiger partial charge is 0.454 e. The average Bonchev–Trinajstić information content (AvgIpc) is 3.45. The van der Waals surface area contributed by atoms with Crippen molar-refractivity contribution in [1.29, 1.82) is 0 Å². The highest BCUT2D eigenvalue weighted by Gasteiger charge is 2.25. The molecule has 0 aliphatic carbocycles. The van der Waals surface area contributed by atoms with E-state index >= 15 is 0 Å². The van der Waals surface area contributed by atoms with E-state index in [0.29, 0.717) is 13.5 Å². The van der Waals surface area contributed by atoms with Crippen LogP contribution in [-0.2, 0) is 13.2 Å². The molecule has 4 heterocycles. The SMILES string of the molecule is O=c1n(C[NH+]2CC[NH+](Cc3ccc4c(c3)OCO4)CC2)nnn1-c1cccs1. The molecule has 0 amide bonds. The normalized spacial score (nSPS) is 21.1. The third-order valence-electron chi connectivity index (χ3n) is 5.28. The third kappa shape index (κ3) is 3.41. The predicted octanol–water partition coefficient (Wildman–Crippen LogP) is -1.84. The molecule has 0 radical (unpaired) electrons. The standard InChI is InChI=1S/C18H20N6O3S/c25-18-23(19-20-24(18)17-2-1-9-28-17)12-22-7-5-21(6-8-22)11-14-3-4-15-16(10-14)27-13-26-15/h1-4,9-10H,5-8,11-13H2/p+2. The van der Waals surface area contributed by atoms with Gasteiger partial charge in [0.1, 0.15) is 37.7 Å². The van der Waals surface area contributed by atoms with E-state index in [-0.39, 0.29) is 5.69 Å². The Hall–Kier alpha value is -2.69. The van der Waals surface area contributed by atoms with E-state index in [2.05, 4.69) is 22.6 Å². The van der Waals surface area contributed by atoms with Crippen LogP contribution in [0.25, 0.3) is 5.00 Å². The fourth-order valence-corrected chi connectivity index (χ4v) is 4.41. The van der Waals surface area contributed by atoms with Crippen LogP contribution in [0.1, 0.15) is 5.56 Å². The number of rotatable bonds is 5. The van der Waals surface area contributed by atoms with Crippen LogP contribution in [0.2, 0.25) is 0 Å². The number of nitrogens with one attached hydrogen (secondary N) is 2. The highest BCUT2D eigenvalue weighted by Crippen LogP contribution is 2.32. The number of piperazine rings is 1. The summed E-state index contributed by atoms with van der Waals surface area (Å²) in [5.74, 6) is 1.67. The van der Waals surface area contributed by atoms with Crippen molar-refractivity contribution < 1.29 is 19.3 Å². The maximum absolute atomic E-state index is 12.5. The van der Waals surface area contributed by atoms with E-state index in [9.17, 15) is 4.79 Å². The number of hydrogen-bond donors (Lipinski definition) is 2. The minimum atomic E-state index is -0.176. The minimum Gasteiger partial charge on any atom is -0.454 e. The molecule has 2 aliphatic rings. The number of ether oxygens (including phenoxy) is 2. The molecule has 2 aliphatic heterocycles. The lowest BCUT2D eigenvalue weighted by molar-refractivity contribution is -1.03. The quantitative estimate of drug-likeness (QED) is 0.524. The fraction of sp³-hybridized carbons (Fsp3) is 0.389. The van der Waals surface area contributed by atoms with Gasteiger partial charge in [0.05, 0.1) is 0 Å². The van der Waals surface area contributed by atoms with E-state index in [0.717, 1.165) is 49.2 Å². The van der Waals surface area contributed by atoms with Gasteiger partial charge in [-0.15, -0.1) is 20.7 Å². The van der Waals surface area contributed by atoms with Gasteiger partial charge in [0.2, 0.25) is 6.79 Å². The smallest absolute Gasteiger partial charge is 0.374 e. The Balaban J connectivity index is 1.17. The molecule has 1 saturated heterocycles. The van der Waals surface area contributed by atoms with Gasteiger partial charge in [0, 0.05) is 5.56 Å². The molecule has 0 spiro atoms. The second kappa shape index (κ2) is 7.38. The van der Waals surface area contributed by atoms with Crippen molar-refractivity contribution in [3.05, 3.63) is 51.8 Å². The summed E-state index contributed by atoms with van der Waals surface area (Å²) in [6.07, 6.45) is 0. The van der Waals surface area contributed by atoms with Crippen LogP contribution in [0.5, 0.6) is 11.5 Å². The molecule has 1 aromatic carbocycles. The third-order valence-corrected chi connectivity index (χ3v) is 6.13. The molecule has 9 nitrogen and oxygen atoms in total. The first kappa shape index (κ1) is 17.4. The number of benzene rings is 1. The number of tetrazole rings is 1. The second-order valence-electron chi connectivity index (χ2n) is 7.15. The molecule has 2 aromatic heterocycles. The molecule has 28 heavy (non-hydrogen) atoms. The lowest BCUT2D eigenvalue weighted by Gasteiger charge is -2.29. The highest BCUT2D eigenvalue weighted by atomic mass is 32.1. The molecule has 2 N–H and O–H groups in total. The van der Waals surface area contributed by atoms with Gasteiger partial charge < -0.3 is 19.3 Å². The van der Waals surface area contributed by atoms with E-state index < -0.39 is 0 Å². The summed E-state index contributed by atoms with van der Waals surface area (Å²) in [7, 11) is 0. The Kier molecular flexibility index (Phi) is 4.59. The summed E-state index contributed by atoms with van der Waals surface area (Å²) < 4.78 is 13.7. The van der Waals surface area contributed by atoms with E-state index in [1.165, 1.54) is 36.1 Å². The van der Waals surface area contributed by atoms with Crippen LogP contribution >= 0.6 is 11.3 Å². The molecule has 146 valence electrons. The van der Waals surface area contributed by atoms with Crippen molar-refractivity contribution in [2.75, 3.05) is 33.0 Å².